The third-order valence-electron chi connectivity index (χ3n) is 4.52. The lowest BCUT2D eigenvalue weighted by Gasteiger charge is -2.32. The fourth-order valence-electron chi connectivity index (χ4n) is 3.06. The first kappa shape index (κ1) is 28.1. The van der Waals surface area contributed by atoms with Crippen LogP contribution in [0.1, 0.15) is 58.6 Å². The SMILES string of the molecule is CCCCCNC(=O)C(c1cccc(O)c1)N(CC#N)C(=O)C(CS)NC(=O)OC(C)(C)C. The maximum absolute atomic E-state index is 13.4. The highest BCUT2D eigenvalue weighted by Gasteiger charge is 2.35. The van der Waals surface area contributed by atoms with Gasteiger partial charge in [-0.3, -0.25) is 9.59 Å². The van der Waals surface area contributed by atoms with Crippen molar-refractivity contribution in [1.82, 2.24) is 15.5 Å². The van der Waals surface area contributed by atoms with E-state index in [9.17, 15) is 24.8 Å². The summed E-state index contributed by atoms with van der Waals surface area (Å²) in [5.74, 6) is -1.33. The molecule has 33 heavy (non-hydrogen) atoms. The number of aromatic hydroxyl groups is 1. The number of phenolic OH excluding ortho intramolecular Hbond substituents is 1. The Morgan fingerprint density at radius 3 is 2.52 bits per heavy atom. The summed E-state index contributed by atoms with van der Waals surface area (Å²) in [5, 5.41) is 24.6. The van der Waals surface area contributed by atoms with Crippen LogP contribution in [0.5, 0.6) is 5.75 Å². The average molecular weight is 479 g/mol. The summed E-state index contributed by atoms with van der Waals surface area (Å²) in [6.07, 6.45) is 1.86. The number of unbranched alkanes of at least 4 members (excludes halogenated alkanes) is 2. The summed E-state index contributed by atoms with van der Waals surface area (Å²) in [7, 11) is 0. The fraction of sp³-hybridized carbons (Fsp3) is 0.565. The van der Waals surface area contributed by atoms with Gasteiger partial charge in [-0.2, -0.15) is 17.9 Å². The van der Waals surface area contributed by atoms with Crippen LogP contribution < -0.4 is 10.6 Å². The van der Waals surface area contributed by atoms with Crippen LogP contribution in [0, 0.1) is 11.3 Å². The normalized spacial score (nSPS) is 12.7. The van der Waals surface area contributed by atoms with E-state index in [1.165, 1.54) is 12.1 Å². The summed E-state index contributed by atoms with van der Waals surface area (Å²) < 4.78 is 5.21. The lowest BCUT2D eigenvalue weighted by molar-refractivity contribution is -0.141. The van der Waals surface area contributed by atoms with Crippen LogP contribution in [0.2, 0.25) is 0 Å². The number of rotatable bonds is 11. The maximum atomic E-state index is 13.4. The van der Waals surface area contributed by atoms with E-state index in [1.807, 2.05) is 13.0 Å². The lowest BCUT2D eigenvalue weighted by Crippen LogP contribution is -2.54. The Kier molecular flexibility index (Phi) is 11.6. The molecule has 0 bridgehead atoms. The first-order valence-corrected chi connectivity index (χ1v) is 11.5. The molecule has 0 aromatic heterocycles. The molecule has 0 saturated carbocycles. The van der Waals surface area contributed by atoms with Gasteiger partial charge in [0.15, 0.2) is 0 Å². The Morgan fingerprint density at radius 2 is 1.97 bits per heavy atom. The van der Waals surface area contributed by atoms with Gasteiger partial charge in [-0.25, -0.2) is 4.79 Å². The van der Waals surface area contributed by atoms with Crippen molar-refractivity contribution in [2.24, 2.45) is 0 Å². The molecule has 0 spiro atoms. The van der Waals surface area contributed by atoms with E-state index >= 15 is 0 Å². The number of hydrogen-bond donors (Lipinski definition) is 4. The Hall–Kier alpha value is -2.93. The molecule has 0 saturated heterocycles. The van der Waals surface area contributed by atoms with Crippen LogP contribution in [0.25, 0.3) is 0 Å². The zero-order valence-corrected chi connectivity index (χ0v) is 20.5. The van der Waals surface area contributed by atoms with Crippen molar-refractivity contribution < 1.29 is 24.2 Å². The maximum Gasteiger partial charge on any atom is 0.408 e. The van der Waals surface area contributed by atoms with Crippen molar-refractivity contribution in [1.29, 1.82) is 5.26 Å². The molecule has 1 aromatic carbocycles. The van der Waals surface area contributed by atoms with Crippen molar-refractivity contribution in [2.45, 2.75) is 64.6 Å². The van der Waals surface area contributed by atoms with Crippen molar-refractivity contribution in [2.75, 3.05) is 18.8 Å². The Bertz CT molecular complexity index is 850. The number of alkyl carbamates (subject to hydrolysis) is 1. The van der Waals surface area contributed by atoms with Crippen molar-refractivity contribution >= 4 is 30.5 Å². The molecular weight excluding hydrogens is 444 g/mol. The first-order chi connectivity index (χ1) is 15.5. The van der Waals surface area contributed by atoms with Crippen molar-refractivity contribution in [3.63, 3.8) is 0 Å². The van der Waals surface area contributed by atoms with Crippen LogP contribution >= 0.6 is 12.6 Å². The van der Waals surface area contributed by atoms with E-state index in [2.05, 4.69) is 23.3 Å². The second-order valence-electron chi connectivity index (χ2n) is 8.50. The number of phenols is 1. The van der Waals surface area contributed by atoms with Crippen LogP contribution in [-0.2, 0) is 14.3 Å². The third-order valence-corrected chi connectivity index (χ3v) is 4.89. The molecule has 1 aromatic rings. The molecule has 3 N–H and O–H groups in total. The molecular formula is C23H34N4O5S. The summed E-state index contributed by atoms with van der Waals surface area (Å²) in [5.41, 5.74) is -0.440. The third kappa shape index (κ3) is 9.61. The van der Waals surface area contributed by atoms with Gasteiger partial charge in [-0.05, 0) is 44.9 Å². The Morgan fingerprint density at radius 1 is 1.27 bits per heavy atom. The van der Waals surface area contributed by atoms with E-state index < -0.39 is 42.1 Å². The number of nitrogens with one attached hydrogen (secondary N) is 2. The first-order valence-electron chi connectivity index (χ1n) is 10.9. The monoisotopic (exact) mass is 478 g/mol. The fourth-order valence-corrected chi connectivity index (χ4v) is 3.31. The summed E-state index contributed by atoms with van der Waals surface area (Å²) in [6, 6.07) is 5.53. The summed E-state index contributed by atoms with van der Waals surface area (Å²) in [6.45, 7) is 7.09. The molecule has 0 aliphatic heterocycles. The minimum absolute atomic E-state index is 0.0785. The van der Waals surface area contributed by atoms with Gasteiger partial charge in [0.05, 0.1) is 6.07 Å². The summed E-state index contributed by atoms with van der Waals surface area (Å²) >= 11 is 4.17. The molecule has 0 aliphatic rings. The van der Waals surface area contributed by atoms with Gasteiger partial charge in [-0.15, -0.1) is 0 Å². The molecule has 182 valence electrons. The predicted octanol–water partition coefficient (Wildman–Crippen LogP) is 2.91. The number of thiol groups is 1. The lowest BCUT2D eigenvalue weighted by atomic mass is 10.0. The second-order valence-corrected chi connectivity index (χ2v) is 8.87. The second kappa shape index (κ2) is 13.6. The summed E-state index contributed by atoms with van der Waals surface area (Å²) in [4.78, 5) is 39.8. The van der Waals surface area contributed by atoms with Crippen LogP contribution in [0.3, 0.4) is 0 Å². The quantitative estimate of drug-likeness (QED) is 0.220. The van der Waals surface area contributed by atoms with E-state index in [0.717, 1.165) is 24.2 Å². The predicted molar refractivity (Wildman–Crippen MR) is 128 cm³/mol. The van der Waals surface area contributed by atoms with Gasteiger partial charge >= 0.3 is 6.09 Å². The molecule has 2 atom stereocenters. The smallest absolute Gasteiger partial charge is 0.408 e. The zero-order chi connectivity index (χ0) is 25.0. The zero-order valence-electron chi connectivity index (χ0n) is 19.6. The van der Waals surface area contributed by atoms with Crippen LogP contribution in [0.15, 0.2) is 24.3 Å². The number of ether oxygens (including phenoxy) is 1. The standard InChI is InChI=1S/C23H34N4O5S/c1-5-6-7-12-25-20(29)19(16-9-8-10-17(28)14-16)27(13-11-24)21(30)18(15-33)26-22(31)32-23(2,3)4/h8-10,14,18-19,28,33H,5-7,12-13,15H2,1-4H3,(H,25,29)(H,26,31). The van der Waals surface area contributed by atoms with Gasteiger partial charge < -0.3 is 25.4 Å². The van der Waals surface area contributed by atoms with Crippen molar-refractivity contribution in [3.8, 4) is 11.8 Å². The highest BCUT2D eigenvalue weighted by molar-refractivity contribution is 7.80. The molecule has 0 fully saturated rings. The number of nitriles is 1. The molecule has 0 radical (unpaired) electrons. The molecule has 10 heteroatoms. The number of amides is 3. The largest absolute Gasteiger partial charge is 0.508 e. The van der Waals surface area contributed by atoms with Crippen LogP contribution in [0.4, 0.5) is 4.79 Å². The minimum Gasteiger partial charge on any atom is -0.508 e. The van der Waals surface area contributed by atoms with E-state index in [-0.39, 0.29) is 11.5 Å². The van der Waals surface area contributed by atoms with E-state index in [1.54, 1.807) is 32.9 Å². The Balaban J connectivity index is 3.24. The number of carbonyl (C=O) groups is 3. The average Bonchev–Trinajstić information content (AvgIpc) is 2.73. The van der Waals surface area contributed by atoms with E-state index in [4.69, 9.17) is 4.74 Å². The van der Waals surface area contributed by atoms with Crippen LogP contribution in [-0.4, -0.2) is 58.4 Å². The van der Waals surface area contributed by atoms with Gasteiger partial charge in [0, 0.05) is 12.3 Å². The molecule has 2 unspecified atom stereocenters. The Labute approximate surface area is 200 Å². The number of nitrogens with zero attached hydrogens (tertiary/aromatic N) is 2. The topological polar surface area (TPSA) is 132 Å². The molecule has 3 amide bonds. The number of carbonyl (C=O) groups excluding carboxylic acids is 3. The molecule has 0 aliphatic carbocycles. The van der Waals surface area contributed by atoms with Gasteiger partial charge in [0.2, 0.25) is 11.8 Å². The number of hydrogen-bond acceptors (Lipinski definition) is 7. The highest BCUT2D eigenvalue weighted by atomic mass is 32.1. The molecule has 0 heterocycles. The minimum atomic E-state index is -1.19. The van der Waals surface area contributed by atoms with Gasteiger partial charge in [-0.1, -0.05) is 31.9 Å². The van der Waals surface area contributed by atoms with E-state index in [0.29, 0.717) is 12.1 Å². The highest BCUT2D eigenvalue weighted by Crippen LogP contribution is 2.25. The van der Waals surface area contributed by atoms with Gasteiger partial charge in [0.1, 0.15) is 30.0 Å². The van der Waals surface area contributed by atoms with Gasteiger partial charge in [0.25, 0.3) is 0 Å². The molecule has 1 rings (SSSR count). The van der Waals surface area contributed by atoms with Crippen molar-refractivity contribution in [3.05, 3.63) is 29.8 Å². The number of benzene rings is 1. The molecule has 9 nitrogen and oxygen atoms in total.